The number of Topliss-reactive ketones (excluding diaryl/α,β-unsaturated/α-hetero) is 1. The number of hydrogen-bond donors (Lipinski definition) is 1. The van der Waals surface area contributed by atoms with Gasteiger partial charge >= 0.3 is 0 Å². The lowest BCUT2D eigenvalue weighted by Crippen LogP contribution is -2.21. The quantitative estimate of drug-likeness (QED) is 0.795. The van der Waals surface area contributed by atoms with Crippen LogP contribution in [0.15, 0.2) is 22.2 Å². The summed E-state index contributed by atoms with van der Waals surface area (Å²) in [5, 5.41) is 3.94. The van der Waals surface area contributed by atoms with Crippen molar-refractivity contribution in [3.05, 3.63) is 29.0 Å². The number of nitrogens with two attached hydrogens (primary N) is 1. The first kappa shape index (κ1) is 11.9. The Morgan fingerprint density at radius 1 is 1.30 bits per heavy atom. The Hall–Kier alpha value is -1.84. The van der Waals surface area contributed by atoms with Crippen molar-refractivity contribution in [2.24, 2.45) is 5.92 Å². The number of carbonyl (C=O) groups excluding carboxylic acids is 1. The predicted octanol–water partition coefficient (Wildman–Crippen LogP) is 3.22. The van der Waals surface area contributed by atoms with Gasteiger partial charge < -0.3 is 10.3 Å². The first-order valence-electron chi connectivity index (χ1n) is 7.44. The third-order valence-corrected chi connectivity index (χ3v) is 4.89. The van der Waals surface area contributed by atoms with Gasteiger partial charge in [0.05, 0.1) is 5.56 Å². The highest BCUT2D eigenvalue weighted by atomic mass is 16.5. The van der Waals surface area contributed by atoms with Crippen molar-refractivity contribution in [1.82, 2.24) is 5.16 Å². The Balaban J connectivity index is 1.86. The number of hydrogen-bond acceptors (Lipinski definition) is 4. The standard InChI is InChI=1S/C16H18N2O2/c17-16-14-12(9-5-2-1-3-6-9)13-10(15(14)20-18-16)7-4-8-11(13)19/h1-2,9,12H,3-8H2,(H2,17,18)/t9-,12-/m0/s1. The summed E-state index contributed by atoms with van der Waals surface area (Å²) in [5.41, 5.74) is 9.09. The van der Waals surface area contributed by atoms with Crippen molar-refractivity contribution in [3.8, 4) is 0 Å². The number of ketones is 1. The van der Waals surface area contributed by atoms with Gasteiger partial charge in [-0.1, -0.05) is 17.3 Å². The number of allylic oxidation sites excluding steroid dienone is 4. The average molecular weight is 270 g/mol. The van der Waals surface area contributed by atoms with Gasteiger partial charge in [-0.2, -0.15) is 0 Å². The summed E-state index contributed by atoms with van der Waals surface area (Å²) >= 11 is 0. The van der Waals surface area contributed by atoms with Crippen molar-refractivity contribution in [2.45, 2.75) is 44.4 Å². The maximum atomic E-state index is 12.4. The monoisotopic (exact) mass is 270 g/mol. The molecule has 2 atom stereocenters. The van der Waals surface area contributed by atoms with E-state index in [9.17, 15) is 4.79 Å². The van der Waals surface area contributed by atoms with Crippen LogP contribution in [0.2, 0.25) is 0 Å². The smallest absolute Gasteiger partial charge is 0.171 e. The average Bonchev–Trinajstić information content (AvgIpc) is 3.00. The highest BCUT2D eigenvalue weighted by molar-refractivity contribution is 6.08. The first-order chi connectivity index (χ1) is 9.77. The van der Waals surface area contributed by atoms with E-state index in [0.29, 0.717) is 18.2 Å². The summed E-state index contributed by atoms with van der Waals surface area (Å²) < 4.78 is 5.44. The molecule has 0 bridgehead atoms. The Labute approximate surface area is 117 Å². The molecular weight excluding hydrogens is 252 g/mol. The lowest BCUT2D eigenvalue weighted by molar-refractivity contribution is -0.116. The maximum Gasteiger partial charge on any atom is 0.171 e. The van der Waals surface area contributed by atoms with Gasteiger partial charge in [0.15, 0.2) is 17.4 Å². The summed E-state index contributed by atoms with van der Waals surface area (Å²) in [4.78, 5) is 12.4. The van der Waals surface area contributed by atoms with E-state index in [1.165, 1.54) is 0 Å². The molecule has 0 amide bonds. The highest BCUT2D eigenvalue weighted by Gasteiger charge is 2.44. The van der Waals surface area contributed by atoms with Crippen LogP contribution in [0.3, 0.4) is 0 Å². The fourth-order valence-corrected chi connectivity index (χ4v) is 4.02. The van der Waals surface area contributed by atoms with Crippen LogP contribution >= 0.6 is 0 Å². The summed E-state index contributed by atoms with van der Waals surface area (Å²) in [6, 6.07) is 0. The molecule has 20 heavy (non-hydrogen) atoms. The molecule has 0 radical (unpaired) electrons. The van der Waals surface area contributed by atoms with Crippen LogP contribution in [-0.2, 0) is 4.79 Å². The van der Waals surface area contributed by atoms with E-state index >= 15 is 0 Å². The molecule has 4 heteroatoms. The van der Waals surface area contributed by atoms with Crippen molar-refractivity contribution in [2.75, 3.05) is 5.73 Å². The third-order valence-electron chi connectivity index (χ3n) is 4.89. The van der Waals surface area contributed by atoms with Crippen LogP contribution in [-0.4, -0.2) is 10.9 Å². The SMILES string of the molecule is Nc1noc2c1[C@@H]([C@H]1CC=CCC1)C1=C2CCCC1=O. The van der Waals surface area contributed by atoms with Crippen molar-refractivity contribution in [3.63, 3.8) is 0 Å². The Morgan fingerprint density at radius 3 is 3.00 bits per heavy atom. The van der Waals surface area contributed by atoms with Gasteiger partial charge in [0.2, 0.25) is 0 Å². The molecule has 104 valence electrons. The van der Waals surface area contributed by atoms with Crippen LogP contribution in [0.5, 0.6) is 0 Å². The van der Waals surface area contributed by atoms with Gasteiger partial charge in [0.25, 0.3) is 0 Å². The number of nitrogen functional groups attached to an aromatic ring is 1. The van der Waals surface area contributed by atoms with Crippen molar-refractivity contribution in [1.29, 1.82) is 0 Å². The lowest BCUT2D eigenvalue weighted by Gasteiger charge is -2.28. The van der Waals surface area contributed by atoms with Gasteiger partial charge in [-0.25, -0.2) is 0 Å². The summed E-state index contributed by atoms with van der Waals surface area (Å²) in [6.45, 7) is 0. The Morgan fingerprint density at radius 2 is 2.20 bits per heavy atom. The molecule has 0 saturated heterocycles. The second kappa shape index (κ2) is 4.33. The lowest BCUT2D eigenvalue weighted by atomic mass is 9.75. The van der Waals surface area contributed by atoms with Gasteiger partial charge in [0.1, 0.15) is 0 Å². The highest BCUT2D eigenvalue weighted by Crippen LogP contribution is 2.54. The van der Waals surface area contributed by atoms with E-state index in [0.717, 1.165) is 54.6 Å². The van der Waals surface area contributed by atoms with Crippen LogP contribution in [0, 0.1) is 5.92 Å². The second-order valence-corrected chi connectivity index (χ2v) is 6.00. The summed E-state index contributed by atoms with van der Waals surface area (Å²) in [7, 11) is 0. The second-order valence-electron chi connectivity index (χ2n) is 6.00. The van der Waals surface area contributed by atoms with Gasteiger partial charge in [0, 0.05) is 23.5 Å². The van der Waals surface area contributed by atoms with Crippen LogP contribution in [0.1, 0.15) is 55.8 Å². The number of aromatic nitrogens is 1. The molecule has 1 aromatic heterocycles. The fraction of sp³-hybridized carbons (Fsp3) is 0.500. The third kappa shape index (κ3) is 1.54. The van der Waals surface area contributed by atoms with Crippen molar-refractivity contribution < 1.29 is 9.32 Å². The zero-order chi connectivity index (χ0) is 13.7. The van der Waals surface area contributed by atoms with E-state index in [2.05, 4.69) is 17.3 Å². The molecule has 0 unspecified atom stereocenters. The van der Waals surface area contributed by atoms with Crippen molar-refractivity contribution >= 4 is 17.2 Å². The summed E-state index contributed by atoms with van der Waals surface area (Å²) in [6.07, 6.45) is 10.1. The molecule has 0 fully saturated rings. The van der Waals surface area contributed by atoms with Crippen LogP contribution < -0.4 is 5.73 Å². The van der Waals surface area contributed by atoms with Crippen LogP contribution in [0.4, 0.5) is 5.82 Å². The number of anilines is 1. The number of fused-ring (bicyclic) bond motifs is 2. The zero-order valence-electron chi connectivity index (χ0n) is 11.4. The normalized spacial score (nSPS) is 28.7. The number of rotatable bonds is 1. The summed E-state index contributed by atoms with van der Waals surface area (Å²) in [5.74, 6) is 2.13. The predicted molar refractivity (Wildman–Crippen MR) is 75.9 cm³/mol. The minimum Gasteiger partial charge on any atom is -0.381 e. The first-order valence-corrected chi connectivity index (χ1v) is 7.44. The molecule has 4 nitrogen and oxygen atoms in total. The molecule has 3 aliphatic rings. The Bertz CT molecular complexity index is 639. The number of nitrogens with zero attached hydrogens (tertiary/aromatic N) is 1. The molecule has 4 rings (SSSR count). The molecule has 0 saturated carbocycles. The van der Waals surface area contributed by atoms with E-state index in [-0.39, 0.29) is 11.7 Å². The minimum absolute atomic E-state index is 0.115. The maximum absolute atomic E-state index is 12.4. The van der Waals surface area contributed by atoms with Gasteiger partial charge in [-0.15, -0.1) is 0 Å². The number of carbonyl (C=O) groups is 1. The topological polar surface area (TPSA) is 69.1 Å². The zero-order valence-corrected chi connectivity index (χ0v) is 11.4. The van der Waals surface area contributed by atoms with E-state index < -0.39 is 0 Å². The molecule has 0 aromatic carbocycles. The molecule has 0 aliphatic heterocycles. The van der Waals surface area contributed by atoms with E-state index in [1.54, 1.807) is 0 Å². The largest absolute Gasteiger partial charge is 0.381 e. The molecule has 0 spiro atoms. The molecule has 1 heterocycles. The minimum atomic E-state index is 0.115. The van der Waals surface area contributed by atoms with Crippen LogP contribution in [0.25, 0.3) is 5.57 Å². The molecule has 3 aliphatic carbocycles. The van der Waals surface area contributed by atoms with E-state index in [4.69, 9.17) is 10.3 Å². The Kier molecular flexibility index (Phi) is 2.59. The molecule has 1 aromatic rings. The van der Waals surface area contributed by atoms with Gasteiger partial charge in [-0.05, 0) is 38.0 Å². The molecular formula is C16H18N2O2. The molecule has 2 N–H and O–H groups in total. The van der Waals surface area contributed by atoms with Gasteiger partial charge in [-0.3, -0.25) is 4.79 Å². The fourth-order valence-electron chi connectivity index (χ4n) is 4.02. The van der Waals surface area contributed by atoms with E-state index in [1.807, 2.05) is 0 Å².